The summed E-state index contributed by atoms with van der Waals surface area (Å²) < 4.78 is 5.57. The molecule has 2 amide bonds. The number of fused-ring (bicyclic) bond motifs is 1. The van der Waals surface area contributed by atoms with Crippen LogP contribution in [-0.4, -0.2) is 36.8 Å². The second-order valence-corrected chi connectivity index (χ2v) is 6.78. The molecule has 1 saturated heterocycles. The van der Waals surface area contributed by atoms with E-state index in [1.807, 2.05) is 30.3 Å². The number of anilines is 1. The first-order valence-electron chi connectivity index (χ1n) is 9.06. The number of nitrogens with one attached hydrogen (secondary N) is 1. The molecule has 0 spiro atoms. The highest BCUT2D eigenvalue weighted by Gasteiger charge is 2.29. The van der Waals surface area contributed by atoms with Crippen LogP contribution in [0.3, 0.4) is 0 Å². The third-order valence-electron chi connectivity index (χ3n) is 4.90. The lowest BCUT2D eigenvalue weighted by Gasteiger charge is -2.24. The Bertz CT molecular complexity index is 891. The number of carbonyl (C=O) groups is 3. The van der Waals surface area contributed by atoms with Crippen LogP contribution in [0.5, 0.6) is 5.75 Å². The largest absolute Gasteiger partial charge is 0.490 e. The fourth-order valence-electron chi connectivity index (χ4n) is 3.49. The second kappa shape index (κ2) is 7.23. The molecule has 6 heteroatoms. The van der Waals surface area contributed by atoms with Gasteiger partial charge >= 0.3 is 0 Å². The molecule has 1 atom stereocenters. The van der Waals surface area contributed by atoms with E-state index in [1.165, 1.54) is 0 Å². The first kappa shape index (κ1) is 17.3. The molecule has 2 heterocycles. The number of carbonyl (C=O) groups excluding carboxylic acids is 3. The minimum Gasteiger partial charge on any atom is -0.490 e. The molecule has 2 aromatic carbocycles. The van der Waals surface area contributed by atoms with E-state index in [-0.39, 0.29) is 30.6 Å². The highest BCUT2D eigenvalue weighted by atomic mass is 16.5. The van der Waals surface area contributed by atoms with Crippen molar-refractivity contribution in [2.75, 3.05) is 18.1 Å². The summed E-state index contributed by atoms with van der Waals surface area (Å²) in [4.78, 5) is 38.4. The molecular weight excluding hydrogens is 344 g/mol. The summed E-state index contributed by atoms with van der Waals surface area (Å²) in [6.07, 6.45) is 1.63. The lowest BCUT2D eigenvalue weighted by atomic mass is 10.0. The molecule has 0 bridgehead atoms. The minimum absolute atomic E-state index is 0.131. The average Bonchev–Trinajstić information content (AvgIpc) is 3.11. The number of ether oxygens (including phenoxy) is 1. The van der Waals surface area contributed by atoms with Crippen LogP contribution in [0.4, 0.5) is 5.69 Å². The zero-order valence-corrected chi connectivity index (χ0v) is 14.8. The van der Waals surface area contributed by atoms with E-state index < -0.39 is 6.04 Å². The molecule has 138 valence electrons. The minimum atomic E-state index is -0.672. The summed E-state index contributed by atoms with van der Waals surface area (Å²) >= 11 is 0. The summed E-state index contributed by atoms with van der Waals surface area (Å²) in [6, 6.07) is 13.8. The number of hydrogen-bond donors (Lipinski definition) is 1. The number of benzene rings is 2. The second-order valence-electron chi connectivity index (χ2n) is 6.78. The Morgan fingerprint density at radius 1 is 1.11 bits per heavy atom. The Morgan fingerprint density at radius 3 is 2.63 bits per heavy atom. The monoisotopic (exact) mass is 364 g/mol. The van der Waals surface area contributed by atoms with Gasteiger partial charge in [-0.2, -0.15) is 0 Å². The Balaban J connectivity index is 1.37. The lowest BCUT2D eigenvalue weighted by molar-refractivity contribution is -0.121. The average molecular weight is 364 g/mol. The number of para-hydroxylation sites is 1. The van der Waals surface area contributed by atoms with Gasteiger partial charge in [0, 0.05) is 18.7 Å². The van der Waals surface area contributed by atoms with Gasteiger partial charge in [-0.1, -0.05) is 24.3 Å². The van der Waals surface area contributed by atoms with Gasteiger partial charge in [0.05, 0.1) is 12.0 Å². The molecule has 1 unspecified atom stereocenters. The van der Waals surface area contributed by atoms with Crippen molar-refractivity contribution in [2.24, 2.45) is 0 Å². The Hall–Kier alpha value is -3.15. The maximum Gasteiger partial charge on any atom is 0.227 e. The van der Waals surface area contributed by atoms with E-state index in [1.54, 1.807) is 23.1 Å². The van der Waals surface area contributed by atoms with E-state index in [9.17, 15) is 14.4 Å². The maximum absolute atomic E-state index is 12.5. The fraction of sp³-hybridized carbons (Fsp3) is 0.286. The van der Waals surface area contributed by atoms with Crippen LogP contribution in [0.1, 0.15) is 28.8 Å². The van der Waals surface area contributed by atoms with Gasteiger partial charge in [-0.15, -0.1) is 0 Å². The summed E-state index contributed by atoms with van der Waals surface area (Å²) in [6.45, 7) is 0.877. The summed E-state index contributed by atoms with van der Waals surface area (Å²) in [7, 11) is 0. The number of amides is 2. The van der Waals surface area contributed by atoms with Crippen LogP contribution in [0.15, 0.2) is 48.5 Å². The van der Waals surface area contributed by atoms with Crippen LogP contribution >= 0.6 is 0 Å². The normalized spacial score (nSPS) is 18.8. The van der Waals surface area contributed by atoms with Crippen molar-refractivity contribution < 1.29 is 19.1 Å². The maximum atomic E-state index is 12.5. The van der Waals surface area contributed by atoms with Gasteiger partial charge in [-0.3, -0.25) is 14.4 Å². The molecule has 6 nitrogen and oxygen atoms in total. The molecule has 2 aliphatic rings. The molecule has 0 aliphatic carbocycles. The molecule has 1 fully saturated rings. The van der Waals surface area contributed by atoms with Gasteiger partial charge in [0.25, 0.3) is 0 Å². The van der Waals surface area contributed by atoms with Gasteiger partial charge < -0.3 is 15.0 Å². The van der Waals surface area contributed by atoms with Gasteiger partial charge in [-0.25, -0.2) is 0 Å². The number of hydrogen-bond acceptors (Lipinski definition) is 4. The fourth-order valence-corrected chi connectivity index (χ4v) is 3.49. The van der Waals surface area contributed by atoms with Crippen LogP contribution in [0, 0.1) is 0 Å². The summed E-state index contributed by atoms with van der Waals surface area (Å²) in [5.74, 6) is 0.325. The number of ketones is 1. The highest BCUT2D eigenvalue weighted by molar-refractivity contribution is 6.05. The standard InChI is InChI=1S/C21H20N2O4/c24-19(22-17-13-27-18-5-2-1-4-16(18)21(17)26)12-14-7-9-15(10-8-14)23-11-3-6-20(23)25/h1-2,4-5,7-10,17H,3,6,11-13H2,(H,22,24). The van der Waals surface area contributed by atoms with Crippen molar-refractivity contribution in [3.8, 4) is 5.75 Å². The van der Waals surface area contributed by atoms with Crippen LogP contribution in [0.25, 0.3) is 0 Å². The number of nitrogens with zero attached hydrogens (tertiary/aromatic N) is 1. The zero-order valence-electron chi connectivity index (χ0n) is 14.8. The predicted molar refractivity (Wildman–Crippen MR) is 99.9 cm³/mol. The third kappa shape index (κ3) is 3.56. The molecule has 0 saturated carbocycles. The van der Waals surface area contributed by atoms with Crippen LogP contribution < -0.4 is 15.0 Å². The predicted octanol–water partition coefficient (Wildman–Crippen LogP) is 2.12. The third-order valence-corrected chi connectivity index (χ3v) is 4.90. The van der Waals surface area contributed by atoms with Gasteiger partial charge in [0.2, 0.25) is 11.8 Å². The van der Waals surface area contributed by atoms with Crippen molar-refractivity contribution in [1.29, 1.82) is 0 Å². The number of Topliss-reactive ketones (excluding diaryl/α,β-unsaturated/α-hetero) is 1. The molecule has 27 heavy (non-hydrogen) atoms. The van der Waals surface area contributed by atoms with Crippen molar-refractivity contribution in [2.45, 2.75) is 25.3 Å². The van der Waals surface area contributed by atoms with E-state index in [0.717, 1.165) is 24.2 Å². The molecule has 0 aromatic heterocycles. The van der Waals surface area contributed by atoms with Crippen molar-refractivity contribution in [3.05, 3.63) is 59.7 Å². The first-order chi connectivity index (χ1) is 13.1. The Morgan fingerprint density at radius 2 is 1.89 bits per heavy atom. The van der Waals surface area contributed by atoms with E-state index in [2.05, 4.69) is 5.32 Å². The van der Waals surface area contributed by atoms with Crippen molar-refractivity contribution in [3.63, 3.8) is 0 Å². The van der Waals surface area contributed by atoms with Gasteiger partial charge in [0.1, 0.15) is 18.4 Å². The quantitative estimate of drug-likeness (QED) is 0.902. The van der Waals surface area contributed by atoms with Crippen molar-refractivity contribution >= 4 is 23.3 Å². The molecular formula is C21H20N2O4. The Kier molecular flexibility index (Phi) is 4.62. The van der Waals surface area contributed by atoms with Gasteiger partial charge in [0.15, 0.2) is 5.78 Å². The lowest BCUT2D eigenvalue weighted by Crippen LogP contribution is -2.47. The summed E-state index contributed by atoms with van der Waals surface area (Å²) in [5, 5.41) is 2.76. The van der Waals surface area contributed by atoms with Crippen LogP contribution in [-0.2, 0) is 16.0 Å². The molecule has 2 aromatic rings. The molecule has 4 rings (SSSR count). The topological polar surface area (TPSA) is 75.7 Å². The first-order valence-corrected chi connectivity index (χ1v) is 9.06. The highest BCUT2D eigenvalue weighted by Crippen LogP contribution is 2.24. The summed E-state index contributed by atoms with van der Waals surface area (Å²) in [5.41, 5.74) is 2.18. The zero-order chi connectivity index (χ0) is 18.8. The number of rotatable bonds is 4. The molecule has 1 N–H and O–H groups in total. The van der Waals surface area contributed by atoms with E-state index in [4.69, 9.17) is 4.74 Å². The molecule has 0 radical (unpaired) electrons. The van der Waals surface area contributed by atoms with E-state index in [0.29, 0.717) is 17.7 Å². The van der Waals surface area contributed by atoms with Gasteiger partial charge in [-0.05, 0) is 36.2 Å². The van der Waals surface area contributed by atoms with Crippen LogP contribution in [0.2, 0.25) is 0 Å². The molecule has 2 aliphatic heterocycles. The van der Waals surface area contributed by atoms with E-state index >= 15 is 0 Å². The smallest absolute Gasteiger partial charge is 0.227 e. The Labute approximate surface area is 157 Å². The van der Waals surface area contributed by atoms with Crippen molar-refractivity contribution in [1.82, 2.24) is 5.32 Å². The SMILES string of the molecule is O=C(Cc1ccc(N2CCCC2=O)cc1)NC1COc2ccccc2C1=O.